The smallest absolute Gasteiger partial charge is 0.254 e. The van der Waals surface area contributed by atoms with Crippen molar-refractivity contribution in [3.63, 3.8) is 0 Å². The molecule has 154 valence electrons. The summed E-state index contributed by atoms with van der Waals surface area (Å²) in [6.45, 7) is 9.11. The molecule has 1 aromatic heterocycles. The lowest BCUT2D eigenvalue weighted by molar-refractivity contribution is -0.143. The van der Waals surface area contributed by atoms with Gasteiger partial charge in [0.2, 0.25) is 0 Å². The highest BCUT2D eigenvalue weighted by atomic mass is 16.3. The molecule has 4 rings (SSSR count). The van der Waals surface area contributed by atoms with Crippen LogP contribution in [0, 0.1) is 0 Å². The summed E-state index contributed by atoms with van der Waals surface area (Å²) < 4.78 is 0. The van der Waals surface area contributed by atoms with Crippen molar-refractivity contribution in [3.8, 4) is 11.1 Å². The lowest BCUT2D eigenvalue weighted by Crippen LogP contribution is -2.53. The molecule has 0 atom stereocenters. The van der Waals surface area contributed by atoms with Crippen molar-refractivity contribution in [1.29, 1.82) is 0 Å². The highest BCUT2D eigenvalue weighted by Gasteiger charge is 2.50. The van der Waals surface area contributed by atoms with Crippen molar-refractivity contribution < 1.29 is 14.7 Å². The van der Waals surface area contributed by atoms with Crippen LogP contribution in [0.4, 0.5) is 5.69 Å². The van der Waals surface area contributed by atoms with Crippen LogP contribution in [0.5, 0.6) is 0 Å². The molecule has 7 heteroatoms. The van der Waals surface area contributed by atoms with Gasteiger partial charge in [0.1, 0.15) is 5.60 Å². The van der Waals surface area contributed by atoms with E-state index in [1.807, 2.05) is 18.2 Å². The maximum Gasteiger partial charge on any atom is 0.254 e. The molecule has 2 amide bonds. The van der Waals surface area contributed by atoms with E-state index in [0.717, 1.165) is 11.1 Å². The third-order valence-corrected chi connectivity index (χ3v) is 5.70. The summed E-state index contributed by atoms with van der Waals surface area (Å²) in [6, 6.07) is 9.24. The number of aromatic nitrogens is 1. The molecule has 1 N–H and O–H groups in total. The van der Waals surface area contributed by atoms with E-state index in [2.05, 4.69) is 23.3 Å². The van der Waals surface area contributed by atoms with Crippen LogP contribution < -0.4 is 0 Å². The van der Waals surface area contributed by atoms with Crippen LogP contribution >= 0.6 is 0 Å². The first kappa shape index (κ1) is 20.0. The van der Waals surface area contributed by atoms with Gasteiger partial charge in [-0.3, -0.25) is 19.6 Å². The largest absolute Gasteiger partial charge is 0.380 e. The molecule has 0 radical (unpaired) electrons. The summed E-state index contributed by atoms with van der Waals surface area (Å²) in [7, 11) is 0. The summed E-state index contributed by atoms with van der Waals surface area (Å²) in [5, 5.41) is 9.99. The molecule has 30 heavy (non-hydrogen) atoms. The fraction of sp³-hybridized carbons (Fsp3) is 0.304. The molecule has 1 aromatic carbocycles. The van der Waals surface area contributed by atoms with Crippen LogP contribution in [0.3, 0.4) is 0 Å². The van der Waals surface area contributed by atoms with Crippen molar-refractivity contribution in [2.45, 2.75) is 18.4 Å². The number of hydrogen-bond acceptors (Lipinski definition) is 5. The summed E-state index contributed by atoms with van der Waals surface area (Å²) in [5.74, 6) is -0.268. The van der Waals surface area contributed by atoms with Crippen molar-refractivity contribution in [2.75, 3.05) is 26.2 Å². The second-order valence-electron chi connectivity index (χ2n) is 7.68. The van der Waals surface area contributed by atoms with Crippen molar-refractivity contribution >= 4 is 30.3 Å². The number of piperazine rings is 1. The molecule has 1 aliphatic heterocycles. The summed E-state index contributed by atoms with van der Waals surface area (Å²) in [4.78, 5) is 36.8. The molecule has 0 unspecified atom stereocenters. The maximum atomic E-state index is 12.8. The van der Waals surface area contributed by atoms with Gasteiger partial charge in [0.25, 0.3) is 11.8 Å². The third-order valence-electron chi connectivity index (χ3n) is 5.70. The van der Waals surface area contributed by atoms with Gasteiger partial charge in [-0.1, -0.05) is 18.7 Å². The fourth-order valence-corrected chi connectivity index (χ4v) is 3.63. The second kappa shape index (κ2) is 7.84. The summed E-state index contributed by atoms with van der Waals surface area (Å²) >= 11 is 0. The average Bonchev–Trinajstić information content (AvgIpc) is 3.56. The van der Waals surface area contributed by atoms with Crippen molar-refractivity contribution in [3.05, 3.63) is 54.4 Å². The Labute approximate surface area is 175 Å². The van der Waals surface area contributed by atoms with Crippen LogP contribution in [0.2, 0.25) is 0 Å². The van der Waals surface area contributed by atoms with Crippen molar-refractivity contribution in [1.82, 2.24) is 14.8 Å². The number of rotatable bonds is 5. The van der Waals surface area contributed by atoms with E-state index in [1.165, 1.54) is 0 Å². The number of nitrogens with zero attached hydrogens (tertiary/aromatic N) is 4. The highest BCUT2D eigenvalue weighted by molar-refractivity contribution is 5.95. The average molecular weight is 404 g/mol. The van der Waals surface area contributed by atoms with Gasteiger partial charge in [0.15, 0.2) is 0 Å². The van der Waals surface area contributed by atoms with E-state index in [9.17, 15) is 14.7 Å². The zero-order valence-electron chi connectivity index (χ0n) is 16.8. The van der Waals surface area contributed by atoms with E-state index in [0.29, 0.717) is 56.0 Å². The van der Waals surface area contributed by atoms with E-state index >= 15 is 0 Å². The predicted molar refractivity (Wildman–Crippen MR) is 116 cm³/mol. The normalized spacial score (nSPS) is 17.4. The van der Waals surface area contributed by atoms with E-state index in [-0.39, 0.29) is 11.8 Å². The Balaban J connectivity index is 1.42. The molecule has 0 bridgehead atoms. The molecular weight excluding hydrogens is 380 g/mol. The minimum atomic E-state index is -1.15. The Kier molecular flexibility index (Phi) is 5.22. The minimum Gasteiger partial charge on any atom is -0.380 e. The minimum absolute atomic E-state index is 0.0626. The van der Waals surface area contributed by atoms with Crippen LogP contribution in [0.15, 0.2) is 48.1 Å². The van der Waals surface area contributed by atoms with Crippen LogP contribution in [-0.2, 0) is 4.79 Å². The van der Waals surface area contributed by atoms with Crippen molar-refractivity contribution in [2.24, 2.45) is 4.99 Å². The van der Waals surface area contributed by atoms with Gasteiger partial charge in [-0.05, 0) is 49.4 Å². The molecule has 2 aliphatic rings. The quantitative estimate of drug-likeness (QED) is 0.776. The van der Waals surface area contributed by atoms with Gasteiger partial charge >= 0.3 is 0 Å². The zero-order valence-corrected chi connectivity index (χ0v) is 16.8. The summed E-state index contributed by atoms with van der Waals surface area (Å²) in [6.07, 6.45) is 4.45. The summed E-state index contributed by atoms with van der Waals surface area (Å²) in [5.41, 5.74) is 2.58. The number of aliphatic imine (C=N–C) groups is 1. The number of carbonyl (C=O) groups is 2. The van der Waals surface area contributed by atoms with Gasteiger partial charge in [0, 0.05) is 43.5 Å². The van der Waals surface area contributed by atoms with Crippen LogP contribution in [0.25, 0.3) is 17.2 Å². The Morgan fingerprint density at radius 3 is 2.27 bits per heavy atom. The van der Waals surface area contributed by atoms with E-state index in [1.54, 1.807) is 34.2 Å². The second-order valence-corrected chi connectivity index (χ2v) is 7.68. The highest BCUT2D eigenvalue weighted by Crippen LogP contribution is 2.37. The molecule has 1 aliphatic carbocycles. The number of carbonyl (C=O) groups excluding carboxylic acids is 2. The first-order valence-corrected chi connectivity index (χ1v) is 9.96. The fourth-order valence-electron chi connectivity index (χ4n) is 3.63. The molecule has 1 saturated heterocycles. The zero-order chi connectivity index (χ0) is 21.3. The lowest BCUT2D eigenvalue weighted by Gasteiger charge is -2.35. The number of pyridine rings is 1. The van der Waals surface area contributed by atoms with Gasteiger partial charge in [-0.2, -0.15) is 0 Å². The van der Waals surface area contributed by atoms with E-state index < -0.39 is 5.60 Å². The van der Waals surface area contributed by atoms with Crippen LogP contribution in [0.1, 0.15) is 28.9 Å². The number of benzene rings is 1. The molecule has 0 spiro atoms. The number of hydrogen-bond donors (Lipinski definition) is 1. The Morgan fingerprint density at radius 2 is 1.70 bits per heavy atom. The SMILES string of the molecule is C=Cc1ncc(-c2ccc(C(=O)N3CCN(C(=O)C4(O)CC4)CC3)cc2)cc1N=C. The molecule has 1 saturated carbocycles. The van der Waals surface area contributed by atoms with E-state index in [4.69, 9.17) is 0 Å². The first-order chi connectivity index (χ1) is 14.4. The maximum absolute atomic E-state index is 12.8. The number of amides is 2. The standard InChI is InChI=1S/C23H24N4O3/c1-3-19-20(24-2)14-18(15-25-19)16-4-6-17(7-5-16)21(28)26-10-12-27(13-11-26)22(29)23(30)8-9-23/h3-7,14-15,30H,1-2,8-13H2. The molecule has 2 heterocycles. The number of aliphatic hydroxyl groups is 1. The molecule has 7 nitrogen and oxygen atoms in total. The Morgan fingerprint density at radius 1 is 1.07 bits per heavy atom. The van der Waals surface area contributed by atoms with Crippen LogP contribution in [-0.4, -0.2) is 70.2 Å². The van der Waals surface area contributed by atoms with Gasteiger partial charge < -0.3 is 14.9 Å². The van der Waals surface area contributed by atoms with Gasteiger partial charge in [-0.25, -0.2) is 0 Å². The molecule has 2 fully saturated rings. The van der Waals surface area contributed by atoms with Gasteiger partial charge in [0.05, 0.1) is 11.4 Å². The molecule has 2 aromatic rings. The third kappa shape index (κ3) is 3.76. The predicted octanol–water partition coefficient (Wildman–Crippen LogP) is 2.53. The topological polar surface area (TPSA) is 86.1 Å². The monoisotopic (exact) mass is 404 g/mol. The lowest BCUT2D eigenvalue weighted by atomic mass is 10.0. The van der Waals surface area contributed by atoms with Gasteiger partial charge in [-0.15, -0.1) is 0 Å². The first-order valence-electron chi connectivity index (χ1n) is 9.96. The Hall–Kier alpha value is -3.32. The Bertz CT molecular complexity index is 1000. The molecular formula is C23H24N4O3.